The number of benzene rings is 2. The van der Waals surface area contributed by atoms with Crippen LogP contribution in [0.1, 0.15) is 35.5 Å². The lowest BCUT2D eigenvalue weighted by Crippen LogP contribution is -2.27. The Kier molecular flexibility index (Phi) is 8.15. The normalized spacial score (nSPS) is 12.6. The summed E-state index contributed by atoms with van der Waals surface area (Å²) in [5.74, 6) is 3.16. The second kappa shape index (κ2) is 10.5. The van der Waals surface area contributed by atoms with Crippen LogP contribution in [0.4, 0.5) is 18.9 Å². The second-order valence-corrected chi connectivity index (χ2v) is 7.39. The van der Waals surface area contributed by atoms with E-state index in [4.69, 9.17) is 22.4 Å². The SMILES string of the molecule is CC.NN/N=C(\N)c1c(-c2cc(C(=O)O)nc3c(N)cccc23)ccc(C(F)(F)F)c1S(N)=O. The van der Waals surface area contributed by atoms with E-state index in [1.54, 1.807) is 6.07 Å². The number of carbonyl (C=O) groups is 1. The molecule has 182 valence electrons. The number of nitrogens with zero attached hydrogens (tertiary/aromatic N) is 2. The summed E-state index contributed by atoms with van der Waals surface area (Å²) < 4.78 is 53.1. The smallest absolute Gasteiger partial charge is 0.417 e. The number of fused-ring (bicyclic) bond motifs is 1. The van der Waals surface area contributed by atoms with Crippen LogP contribution in [0.25, 0.3) is 22.0 Å². The highest BCUT2D eigenvalue weighted by Gasteiger charge is 2.37. The van der Waals surface area contributed by atoms with Gasteiger partial charge in [0.15, 0.2) is 5.84 Å². The Morgan fingerprint density at radius 3 is 2.35 bits per heavy atom. The molecule has 0 bridgehead atoms. The van der Waals surface area contributed by atoms with Crippen molar-refractivity contribution in [3.63, 3.8) is 0 Å². The van der Waals surface area contributed by atoms with E-state index in [0.717, 1.165) is 12.1 Å². The number of pyridine rings is 1. The molecule has 0 radical (unpaired) electrons. The first kappa shape index (κ1) is 26.5. The van der Waals surface area contributed by atoms with Crippen LogP contribution in [0.3, 0.4) is 0 Å². The Bertz CT molecular complexity index is 1300. The van der Waals surface area contributed by atoms with Crippen molar-refractivity contribution >= 4 is 39.4 Å². The third-order valence-electron chi connectivity index (χ3n) is 4.49. The highest BCUT2D eigenvalue weighted by molar-refractivity contribution is 7.82. The molecule has 0 saturated carbocycles. The van der Waals surface area contributed by atoms with Crippen LogP contribution in [0, 0.1) is 0 Å². The summed E-state index contributed by atoms with van der Waals surface area (Å²) in [5.41, 5.74) is 11.8. The molecule has 0 spiro atoms. The fourth-order valence-corrected chi connectivity index (χ4v) is 4.04. The number of nitrogen functional groups attached to an aromatic ring is 1. The van der Waals surface area contributed by atoms with Gasteiger partial charge in [-0.15, -0.1) is 5.10 Å². The summed E-state index contributed by atoms with van der Waals surface area (Å²) in [5, 5.41) is 18.7. The van der Waals surface area contributed by atoms with Gasteiger partial charge in [0, 0.05) is 10.9 Å². The number of hydrazine groups is 1. The number of carboxylic acid groups (broad SMARTS) is 1. The molecule has 1 unspecified atom stereocenters. The Balaban J connectivity index is 0.00000199. The van der Waals surface area contributed by atoms with Gasteiger partial charge in [-0.3, -0.25) is 0 Å². The van der Waals surface area contributed by atoms with Crippen LogP contribution < -0.4 is 28.0 Å². The van der Waals surface area contributed by atoms with Gasteiger partial charge in [0.25, 0.3) is 0 Å². The van der Waals surface area contributed by atoms with E-state index in [0.29, 0.717) is 11.5 Å². The second-order valence-electron chi connectivity index (χ2n) is 6.39. The van der Waals surface area contributed by atoms with E-state index in [-0.39, 0.29) is 22.3 Å². The number of aromatic carboxylic acids is 1. The van der Waals surface area contributed by atoms with Crippen LogP contribution in [0.5, 0.6) is 0 Å². The fourth-order valence-electron chi connectivity index (χ4n) is 3.22. The van der Waals surface area contributed by atoms with Crippen molar-refractivity contribution in [3.05, 3.63) is 53.2 Å². The number of para-hydroxylation sites is 1. The number of carboxylic acids is 1. The molecule has 3 aromatic rings. The first-order valence-corrected chi connectivity index (χ1v) is 10.8. The van der Waals surface area contributed by atoms with Crippen LogP contribution in [0.2, 0.25) is 0 Å². The lowest BCUT2D eigenvalue weighted by Gasteiger charge is -2.19. The van der Waals surface area contributed by atoms with Gasteiger partial charge >= 0.3 is 12.1 Å². The van der Waals surface area contributed by atoms with Crippen molar-refractivity contribution in [1.82, 2.24) is 10.5 Å². The zero-order valence-corrected chi connectivity index (χ0v) is 18.8. The average Bonchev–Trinajstić information content (AvgIpc) is 2.78. The maximum absolute atomic E-state index is 13.6. The van der Waals surface area contributed by atoms with Crippen molar-refractivity contribution < 1.29 is 27.3 Å². The molecule has 1 atom stereocenters. The molecular weight excluding hydrogens is 475 g/mol. The zero-order chi connectivity index (χ0) is 25.8. The number of alkyl halides is 3. The highest BCUT2D eigenvalue weighted by atomic mass is 32.2. The number of hydrogen-bond acceptors (Lipinski definition) is 7. The van der Waals surface area contributed by atoms with E-state index in [9.17, 15) is 27.3 Å². The van der Waals surface area contributed by atoms with E-state index in [1.165, 1.54) is 12.1 Å². The highest BCUT2D eigenvalue weighted by Crippen LogP contribution is 2.40. The number of hydrazone groups is 1. The molecule has 3 rings (SSSR count). The minimum absolute atomic E-state index is 0.0381. The molecule has 34 heavy (non-hydrogen) atoms. The van der Waals surface area contributed by atoms with Crippen molar-refractivity contribution in [2.24, 2.45) is 21.8 Å². The number of halogens is 3. The molecule has 1 aromatic heterocycles. The van der Waals surface area contributed by atoms with Gasteiger partial charge in [0.2, 0.25) is 0 Å². The third kappa shape index (κ3) is 5.08. The minimum atomic E-state index is -4.93. The summed E-state index contributed by atoms with van der Waals surface area (Å²) in [6, 6.07) is 7.40. The lowest BCUT2D eigenvalue weighted by molar-refractivity contribution is -0.139. The predicted molar refractivity (Wildman–Crippen MR) is 124 cm³/mol. The topological polar surface area (TPSA) is 196 Å². The molecule has 0 aliphatic heterocycles. The Morgan fingerprint density at radius 2 is 1.82 bits per heavy atom. The first-order valence-electron chi connectivity index (χ1n) is 9.59. The molecule has 1 heterocycles. The van der Waals surface area contributed by atoms with Crippen molar-refractivity contribution in [3.8, 4) is 11.1 Å². The molecule has 10 nitrogen and oxygen atoms in total. The van der Waals surface area contributed by atoms with Gasteiger partial charge in [-0.05, 0) is 29.3 Å². The van der Waals surface area contributed by atoms with E-state index in [2.05, 4.69) is 10.1 Å². The molecule has 0 amide bonds. The molecule has 0 saturated heterocycles. The average molecular weight is 498 g/mol. The standard InChI is InChI=1S/C18H16F3N7O3S.C2H6/c19-18(20,21)10-5-4-7(13(15(10)32(25)31)16(23)27-28-24)9-6-12(17(29)30)26-14-8(9)2-1-3-11(14)22;1-2/h1-6,28H,22,24-25H2,(H2,23,27)(H,29,30);1-2H3. The quantitative estimate of drug-likeness (QED) is 0.101. The third-order valence-corrected chi connectivity index (χ3v) is 5.31. The summed E-state index contributed by atoms with van der Waals surface area (Å²) in [4.78, 5) is 14.8. The Morgan fingerprint density at radius 1 is 1.18 bits per heavy atom. The minimum Gasteiger partial charge on any atom is -0.477 e. The van der Waals surface area contributed by atoms with E-state index in [1.807, 2.05) is 19.4 Å². The Labute approximate surface area is 194 Å². The largest absolute Gasteiger partial charge is 0.477 e. The molecular formula is C20H22F3N7O3S. The van der Waals surface area contributed by atoms with Gasteiger partial charge in [-0.25, -0.2) is 30.5 Å². The van der Waals surface area contributed by atoms with Gasteiger partial charge in [0.1, 0.15) is 16.7 Å². The van der Waals surface area contributed by atoms with Gasteiger partial charge in [-0.1, -0.05) is 32.0 Å². The zero-order valence-electron chi connectivity index (χ0n) is 18.0. The first-order chi connectivity index (χ1) is 16.0. The molecule has 10 N–H and O–H groups in total. The lowest BCUT2D eigenvalue weighted by atomic mass is 9.93. The maximum atomic E-state index is 13.6. The van der Waals surface area contributed by atoms with Crippen molar-refractivity contribution in [2.75, 3.05) is 5.73 Å². The van der Waals surface area contributed by atoms with E-state index < -0.39 is 50.7 Å². The monoisotopic (exact) mass is 497 g/mol. The molecule has 14 heteroatoms. The Hall–Kier alpha value is -3.75. The summed E-state index contributed by atoms with van der Waals surface area (Å²) in [7, 11) is -2.67. The number of hydrogen-bond donors (Lipinski definition) is 6. The van der Waals surface area contributed by atoms with E-state index >= 15 is 0 Å². The summed E-state index contributed by atoms with van der Waals surface area (Å²) in [6.45, 7) is 4.00. The van der Waals surface area contributed by atoms with Gasteiger partial charge < -0.3 is 16.6 Å². The van der Waals surface area contributed by atoms with Crippen LogP contribution >= 0.6 is 0 Å². The number of anilines is 1. The fraction of sp³-hybridized carbons (Fsp3) is 0.150. The predicted octanol–water partition coefficient (Wildman–Crippen LogP) is 2.29. The number of aromatic nitrogens is 1. The van der Waals surface area contributed by atoms with Crippen molar-refractivity contribution in [2.45, 2.75) is 24.9 Å². The summed E-state index contributed by atoms with van der Waals surface area (Å²) in [6.07, 6.45) is -4.93. The van der Waals surface area contributed by atoms with Crippen molar-refractivity contribution in [1.29, 1.82) is 0 Å². The van der Waals surface area contributed by atoms with Crippen LogP contribution in [-0.2, 0) is 17.2 Å². The molecule has 0 aliphatic carbocycles. The maximum Gasteiger partial charge on any atom is 0.417 e. The number of rotatable bonds is 5. The van der Waals surface area contributed by atoms with Gasteiger partial charge in [-0.2, -0.15) is 13.2 Å². The molecule has 0 fully saturated rings. The van der Waals surface area contributed by atoms with Gasteiger partial charge in [0.05, 0.1) is 21.7 Å². The number of nitrogens with one attached hydrogen (secondary N) is 1. The molecule has 2 aromatic carbocycles. The van der Waals surface area contributed by atoms with Crippen LogP contribution in [-0.4, -0.2) is 26.1 Å². The number of nitrogens with two attached hydrogens (primary N) is 4. The number of amidine groups is 1. The summed E-state index contributed by atoms with van der Waals surface area (Å²) >= 11 is 0. The molecule has 0 aliphatic rings. The van der Waals surface area contributed by atoms with Crippen LogP contribution in [0.15, 0.2) is 46.4 Å².